The molecule has 1 aromatic heterocycles. The van der Waals surface area contributed by atoms with E-state index >= 15 is 0 Å². The third-order valence-corrected chi connectivity index (χ3v) is 4.33. The number of hydrogen-bond acceptors (Lipinski definition) is 3. The Labute approximate surface area is 140 Å². The lowest BCUT2D eigenvalue weighted by atomic mass is 10.0. The van der Waals surface area contributed by atoms with E-state index in [-0.39, 0.29) is 6.04 Å². The molecule has 1 atom stereocenters. The Morgan fingerprint density at radius 1 is 1.29 bits per heavy atom. The molecule has 0 saturated carbocycles. The van der Waals surface area contributed by atoms with Gasteiger partial charge >= 0.3 is 0 Å². The normalized spacial score (nSPS) is 12.8. The van der Waals surface area contributed by atoms with Crippen LogP contribution in [-0.2, 0) is 13.0 Å². The number of halogens is 1. The van der Waals surface area contributed by atoms with E-state index in [9.17, 15) is 0 Å². The number of aromatic nitrogens is 3. The van der Waals surface area contributed by atoms with Gasteiger partial charge in [0.15, 0.2) is 0 Å². The second-order valence-corrected chi connectivity index (χ2v) is 6.75. The number of likely N-dealkylation sites (N-methyl/N-ethyl adjacent to an activating group) is 1. The summed E-state index contributed by atoms with van der Waals surface area (Å²) >= 11 is 2.40. The Bertz CT molecular complexity index is 565. The number of rotatable bonds is 7. The summed E-state index contributed by atoms with van der Waals surface area (Å²) in [5.41, 5.74) is 1.33. The van der Waals surface area contributed by atoms with Crippen molar-refractivity contribution in [1.82, 2.24) is 20.1 Å². The van der Waals surface area contributed by atoms with E-state index in [4.69, 9.17) is 0 Å². The van der Waals surface area contributed by atoms with Gasteiger partial charge in [0.2, 0.25) is 0 Å². The van der Waals surface area contributed by atoms with Gasteiger partial charge in [-0.25, -0.2) is 9.67 Å². The van der Waals surface area contributed by atoms with Crippen molar-refractivity contribution in [2.75, 3.05) is 6.54 Å². The molecule has 0 fully saturated rings. The van der Waals surface area contributed by atoms with Crippen molar-refractivity contribution in [2.45, 2.75) is 39.8 Å². The number of nitrogens with zero attached hydrogens (tertiary/aromatic N) is 3. The Kier molecular flexibility index (Phi) is 6.17. The van der Waals surface area contributed by atoms with Gasteiger partial charge in [0, 0.05) is 22.6 Å². The molecule has 4 nitrogen and oxygen atoms in total. The summed E-state index contributed by atoms with van der Waals surface area (Å²) in [5, 5.41) is 7.93. The summed E-state index contributed by atoms with van der Waals surface area (Å²) in [7, 11) is 0. The molecule has 2 aromatic rings. The Morgan fingerprint density at radius 3 is 2.71 bits per heavy atom. The lowest BCUT2D eigenvalue weighted by molar-refractivity contribution is 0.446. The minimum Gasteiger partial charge on any atom is -0.310 e. The molecule has 0 spiro atoms. The van der Waals surface area contributed by atoms with Gasteiger partial charge in [0.1, 0.15) is 12.2 Å². The van der Waals surface area contributed by atoms with Crippen LogP contribution in [0, 0.1) is 9.49 Å². The lowest BCUT2D eigenvalue weighted by Gasteiger charge is -2.20. The molecule has 21 heavy (non-hydrogen) atoms. The Hall–Kier alpha value is -0.950. The van der Waals surface area contributed by atoms with Gasteiger partial charge in [-0.05, 0) is 46.7 Å². The van der Waals surface area contributed by atoms with E-state index in [1.807, 2.05) is 4.68 Å². The maximum absolute atomic E-state index is 4.46. The standard InChI is InChI=1S/C16H23IN4/c1-4-18-15(13-7-5-6-8-14(13)17)9-16-19-11-20-21(16)10-12(2)3/h5-8,11-12,15,18H,4,9-10H2,1-3H3. The van der Waals surface area contributed by atoms with Gasteiger partial charge in [-0.15, -0.1) is 0 Å². The smallest absolute Gasteiger partial charge is 0.138 e. The molecular formula is C16H23IN4. The van der Waals surface area contributed by atoms with E-state index in [1.165, 1.54) is 9.13 Å². The fraction of sp³-hybridized carbons (Fsp3) is 0.500. The topological polar surface area (TPSA) is 42.7 Å². The van der Waals surface area contributed by atoms with Crippen LogP contribution in [0.15, 0.2) is 30.6 Å². The Balaban J connectivity index is 2.21. The van der Waals surface area contributed by atoms with Crippen molar-refractivity contribution >= 4 is 22.6 Å². The highest BCUT2D eigenvalue weighted by molar-refractivity contribution is 14.1. The molecular weight excluding hydrogens is 375 g/mol. The summed E-state index contributed by atoms with van der Waals surface area (Å²) in [4.78, 5) is 4.46. The third kappa shape index (κ3) is 4.51. The van der Waals surface area contributed by atoms with Crippen molar-refractivity contribution in [3.63, 3.8) is 0 Å². The van der Waals surface area contributed by atoms with Crippen LogP contribution in [0.25, 0.3) is 0 Å². The highest BCUT2D eigenvalue weighted by atomic mass is 127. The minimum absolute atomic E-state index is 0.276. The van der Waals surface area contributed by atoms with E-state index in [0.717, 1.165) is 25.3 Å². The first-order valence-electron chi connectivity index (χ1n) is 7.46. The second-order valence-electron chi connectivity index (χ2n) is 5.59. The molecule has 0 bridgehead atoms. The zero-order valence-corrected chi connectivity index (χ0v) is 15.0. The molecule has 0 amide bonds. The quantitative estimate of drug-likeness (QED) is 0.727. The molecule has 114 valence electrons. The van der Waals surface area contributed by atoms with Crippen LogP contribution >= 0.6 is 22.6 Å². The van der Waals surface area contributed by atoms with E-state index < -0.39 is 0 Å². The molecule has 1 N–H and O–H groups in total. The van der Waals surface area contributed by atoms with E-state index in [1.54, 1.807) is 6.33 Å². The first kappa shape index (κ1) is 16.4. The molecule has 0 aliphatic carbocycles. The van der Waals surface area contributed by atoms with Gasteiger partial charge in [-0.2, -0.15) is 5.10 Å². The van der Waals surface area contributed by atoms with Gasteiger partial charge in [0.05, 0.1) is 0 Å². The SMILES string of the molecule is CCNC(Cc1ncnn1CC(C)C)c1ccccc1I. The van der Waals surface area contributed by atoms with Crippen molar-refractivity contribution in [3.05, 3.63) is 45.6 Å². The van der Waals surface area contributed by atoms with Gasteiger partial charge in [-0.1, -0.05) is 39.0 Å². The van der Waals surface area contributed by atoms with Crippen molar-refractivity contribution in [3.8, 4) is 0 Å². The summed E-state index contributed by atoms with van der Waals surface area (Å²) in [6.45, 7) is 8.40. The largest absolute Gasteiger partial charge is 0.310 e. The van der Waals surface area contributed by atoms with Crippen LogP contribution in [0.3, 0.4) is 0 Å². The maximum atomic E-state index is 4.46. The van der Waals surface area contributed by atoms with Gasteiger partial charge in [-0.3, -0.25) is 0 Å². The molecule has 5 heteroatoms. The highest BCUT2D eigenvalue weighted by Crippen LogP contribution is 2.23. The van der Waals surface area contributed by atoms with Crippen molar-refractivity contribution in [2.24, 2.45) is 5.92 Å². The molecule has 0 aliphatic rings. The van der Waals surface area contributed by atoms with Crippen LogP contribution < -0.4 is 5.32 Å². The second kappa shape index (κ2) is 7.89. The molecule has 0 saturated heterocycles. The number of benzene rings is 1. The predicted molar refractivity (Wildman–Crippen MR) is 94.1 cm³/mol. The highest BCUT2D eigenvalue weighted by Gasteiger charge is 2.17. The summed E-state index contributed by atoms with van der Waals surface area (Å²) < 4.78 is 3.32. The van der Waals surface area contributed by atoms with Crippen LogP contribution in [0.1, 0.15) is 38.2 Å². The van der Waals surface area contributed by atoms with Crippen LogP contribution in [0.5, 0.6) is 0 Å². The molecule has 0 radical (unpaired) electrons. The van der Waals surface area contributed by atoms with Gasteiger partial charge in [0.25, 0.3) is 0 Å². The average Bonchev–Trinajstić information content (AvgIpc) is 2.85. The fourth-order valence-corrected chi connectivity index (χ4v) is 3.19. The third-order valence-electron chi connectivity index (χ3n) is 3.35. The summed E-state index contributed by atoms with van der Waals surface area (Å²) in [6.07, 6.45) is 2.53. The summed E-state index contributed by atoms with van der Waals surface area (Å²) in [6, 6.07) is 8.80. The number of hydrogen-bond donors (Lipinski definition) is 1. The molecule has 1 unspecified atom stereocenters. The fourth-order valence-electron chi connectivity index (χ4n) is 2.42. The van der Waals surface area contributed by atoms with Crippen molar-refractivity contribution in [1.29, 1.82) is 0 Å². The number of nitrogens with one attached hydrogen (secondary N) is 1. The van der Waals surface area contributed by atoms with E-state index in [0.29, 0.717) is 5.92 Å². The molecule has 1 heterocycles. The predicted octanol–water partition coefficient (Wildman–Crippen LogP) is 3.43. The molecule has 0 aliphatic heterocycles. The van der Waals surface area contributed by atoms with Crippen LogP contribution in [0.4, 0.5) is 0 Å². The average molecular weight is 398 g/mol. The molecule has 1 aromatic carbocycles. The Morgan fingerprint density at radius 2 is 2.05 bits per heavy atom. The lowest BCUT2D eigenvalue weighted by Crippen LogP contribution is -2.25. The van der Waals surface area contributed by atoms with Crippen LogP contribution in [0.2, 0.25) is 0 Å². The van der Waals surface area contributed by atoms with E-state index in [2.05, 4.69) is 83.0 Å². The first-order valence-corrected chi connectivity index (χ1v) is 8.54. The van der Waals surface area contributed by atoms with Crippen LogP contribution in [-0.4, -0.2) is 21.3 Å². The maximum Gasteiger partial charge on any atom is 0.138 e. The van der Waals surface area contributed by atoms with Gasteiger partial charge < -0.3 is 5.32 Å². The summed E-state index contributed by atoms with van der Waals surface area (Å²) in [5.74, 6) is 1.62. The minimum atomic E-state index is 0.276. The zero-order valence-electron chi connectivity index (χ0n) is 12.9. The zero-order chi connectivity index (χ0) is 15.2. The van der Waals surface area contributed by atoms with Crippen molar-refractivity contribution < 1.29 is 0 Å². The monoisotopic (exact) mass is 398 g/mol. The molecule has 2 rings (SSSR count). The first-order chi connectivity index (χ1) is 10.1.